The Bertz CT molecular complexity index is 251. The number of hydrogen-bond donors (Lipinski definition) is 0. The molecule has 1 fully saturated rings. The maximum atomic E-state index is 11.7. The summed E-state index contributed by atoms with van der Waals surface area (Å²) in [4.78, 5) is 16.0. The van der Waals surface area contributed by atoms with Gasteiger partial charge in [-0.3, -0.25) is 4.90 Å². The summed E-state index contributed by atoms with van der Waals surface area (Å²) in [6.07, 6.45) is -0.160. The fourth-order valence-corrected chi connectivity index (χ4v) is 1.89. The molecule has 1 rings (SSSR count). The first-order valence-electron chi connectivity index (χ1n) is 6.47. The van der Waals surface area contributed by atoms with Gasteiger partial charge in [-0.2, -0.15) is 0 Å². The Labute approximate surface area is 105 Å². The maximum absolute atomic E-state index is 11.7. The fourth-order valence-electron chi connectivity index (χ4n) is 1.89. The van der Waals surface area contributed by atoms with Crippen molar-refractivity contribution >= 4 is 6.09 Å². The predicted molar refractivity (Wildman–Crippen MR) is 69.1 cm³/mol. The van der Waals surface area contributed by atoms with Crippen molar-refractivity contribution in [3.8, 4) is 0 Å². The van der Waals surface area contributed by atoms with E-state index in [1.165, 1.54) is 0 Å². The summed E-state index contributed by atoms with van der Waals surface area (Å²) < 4.78 is 5.23. The van der Waals surface area contributed by atoms with Crippen LogP contribution in [0.25, 0.3) is 0 Å². The molecule has 0 bridgehead atoms. The minimum atomic E-state index is -0.160. The van der Waals surface area contributed by atoms with E-state index < -0.39 is 0 Å². The highest BCUT2D eigenvalue weighted by Gasteiger charge is 2.28. The molecule has 0 unspecified atom stereocenters. The lowest BCUT2D eigenvalue weighted by molar-refractivity contribution is 0.0421. The Morgan fingerprint density at radius 1 is 1.18 bits per heavy atom. The van der Waals surface area contributed by atoms with Crippen molar-refractivity contribution in [2.24, 2.45) is 5.92 Å². The van der Waals surface area contributed by atoms with Crippen LogP contribution >= 0.6 is 0 Å². The van der Waals surface area contributed by atoms with Gasteiger partial charge in [0.15, 0.2) is 0 Å². The van der Waals surface area contributed by atoms with E-state index >= 15 is 0 Å². The number of piperazine rings is 1. The first-order chi connectivity index (χ1) is 7.80. The summed E-state index contributed by atoms with van der Waals surface area (Å²) in [5.41, 5.74) is 0.188. The van der Waals surface area contributed by atoms with Gasteiger partial charge in [0.1, 0.15) is 0 Å². The summed E-state index contributed by atoms with van der Waals surface area (Å²) in [5, 5.41) is 0. The lowest BCUT2D eigenvalue weighted by Gasteiger charge is -2.41. The molecule has 4 nitrogen and oxygen atoms in total. The van der Waals surface area contributed by atoms with Crippen molar-refractivity contribution in [3.63, 3.8) is 0 Å². The summed E-state index contributed by atoms with van der Waals surface area (Å²) in [6, 6.07) is 0. The van der Waals surface area contributed by atoms with E-state index in [2.05, 4.69) is 25.7 Å². The summed E-state index contributed by atoms with van der Waals surface area (Å²) in [7, 11) is 0. The number of carbonyl (C=O) groups excluding carboxylic acids is 1. The highest BCUT2D eigenvalue weighted by atomic mass is 16.6. The molecular formula is C13H26N2O2. The van der Waals surface area contributed by atoms with Crippen LogP contribution in [-0.4, -0.2) is 54.2 Å². The molecule has 1 saturated heterocycles. The van der Waals surface area contributed by atoms with Gasteiger partial charge in [-0.15, -0.1) is 0 Å². The van der Waals surface area contributed by atoms with Gasteiger partial charge < -0.3 is 9.64 Å². The molecule has 0 atom stereocenters. The zero-order valence-corrected chi connectivity index (χ0v) is 11.8. The highest BCUT2D eigenvalue weighted by molar-refractivity contribution is 5.67. The van der Waals surface area contributed by atoms with Gasteiger partial charge in [-0.1, -0.05) is 13.8 Å². The van der Waals surface area contributed by atoms with E-state index in [0.717, 1.165) is 26.2 Å². The third kappa shape index (κ3) is 4.54. The highest BCUT2D eigenvalue weighted by Crippen LogP contribution is 2.16. The number of carbonyl (C=O) groups is 1. The van der Waals surface area contributed by atoms with E-state index in [9.17, 15) is 4.79 Å². The fraction of sp³-hybridized carbons (Fsp3) is 0.923. The average Bonchev–Trinajstić information content (AvgIpc) is 2.25. The summed E-state index contributed by atoms with van der Waals surface area (Å²) in [5.74, 6) is 0.398. The monoisotopic (exact) mass is 242 g/mol. The van der Waals surface area contributed by atoms with Gasteiger partial charge in [0.2, 0.25) is 0 Å². The number of ether oxygens (including phenoxy) is 1. The first-order valence-corrected chi connectivity index (χ1v) is 6.47. The van der Waals surface area contributed by atoms with Crippen LogP contribution in [0.2, 0.25) is 0 Å². The van der Waals surface area contributed by atoms with Crippen LogP contribution < -0.4 is 0 Å². The first kappa shape index (κ1) is 14.3. The molecule has 1 aliphatic rings. The van der Waals surface area contributed by atoms with Gasteiger partial charge in [0, 0.05) is 31.7 Å². The Hall–Kier alpha value is -0.770. The second kappa shape index (κ2) is 5.71. The van der Waals surface area contributed by atoms with Crippen LogP contribution in [-0.2, 0) is 4.74 Å². The standard InChI is InChI=1S/C13H26N2O2/c1-11(2)10-17-12(16)14-6-8-15(9-7-14)13(3,4)5/h11H,6-10H2,1-5H3. The molecule has 4 heteroatoms. The summed E-state index contributed by atoms with van der Waals surface area (Å²) in [6.45, 7) is 14.6. The van der Waals surface area contributed by atoms with Crippen LogP contribution in [0.5, 0.6) is 0 Å². The van der Waals surface area contributed by atoms with Crippen LogP contribution in [0.4, 0.5) is 4.79 Å². The lowest BCUT2D eigenvalue weighted by atomic mass is 10.1. The normalized spacial score (nSPS) is 18.6. The second-order valence-electron chi connectivity index (χ2n) is 6.12. The quantitative estimate of drug-likeness (QED) is 0.744. The van der Waals surface area contributed by atoms with E-state index in [-0.39, 0.29) is 11.6 Å². The topological polar surface area (TPSA) is 32.8 Å². The number of nitrogens with zero attached hydrogens (tertiary/aromatic N) is 2. The molecule has 0 aromatic heterocycles. The molecule has 0 aromatic carbocycles. The van der Waals surface area contributed by atoms with Crippen molar-refractivity contribution < 1.29 is 9.53 Å². The molecule has 1 aliphatic heterocycles. The van der Waals surface area contributed by atoms with E-state index in [1.54, 1.807) is 0 Å². The molecule has 100 valence electrons. The molecule has 0 aromatic rings. The Balaban J connectivity index is 2.34. The molecule has 0 spiro atoms. The number of rotatable bonds is 2. The Kier molecular flexibility index (Phi) is 4.80. The van der Waals surface area contributed by atoms with Gasteiger partial charge >= 0.3 is 6.09 Å². The van der Waals surface area contributed by atoms with E-state index in [0.29, 0.717) is 12.5 Å². The van der Waals surface area contributed by atoms with E-state index in [1.807, 2.05) is 18.7 Å². The predicted octanol–water partition coefficient (Wildman–Crippen LogP) is 2.20. The average molecular weight is 242 g/mol. The minimum Gasteiger partial charge on any atom is -0.449 e. The molecule has 0 radical (unpaired) electrons. The SMILES string of the molecule is CC(C)COC(=O)N1CCN(C(C)(C)C)CC1. The Morgan fingerprint density at radius 3 is 2.12 bits per heavy atom. The second-order valence-corrected chi connectivity index (χ2v) is 6.12. The molecule has 0 N–H and O–H groups in total. The van der Waals surface area contributed by atoms with Gasteiger partial charge in [-0.05, 0) is 26.7 Å². The van der Waals surface area contributed by atoms with Crippen LogP contribution in [0.3, 0.4) is 0 Å². The third-order valence-electron chi connectivity index (χ3n) is 3.03. The zero-order valence-electron chi connectivity index (χ0n) is 11.8. The van der Waals surface area contributed by atoms with Gasteiger partial charge in [0.25, 0.3) is 0 Å². The Morgan fingerprint density at radius 2 is 1.71 bits per heavy atom. The van der Waals surface area contributed by atoms with Crippen molar-refractivity contribution in [2.75, 3.05) is 32.8 Å². The smallest absolute Gasteiger partial charge is 0.409 e. The van der Waals surface area contributed by atoms with E-state index in [4.69, 9.17) is 4.74 Å². The molecule has 1 amide bonds. The van der Waals surface area contributed by atoms with Crippen molar-refractivity contribution in [1.29, 1.82) is 0 Å². The van der Waals surface area contributed by atoms with Crippen LogP contribution in [0.15, 0.2) is 0 Å². The maximum Gasteiger partial charge on any atom is 0.409 e. The lowest BCUT2D eigenvalue weighted by Crippen LogP contribution is -2.54. The van der Waals surface area contributed by atoms with Gasteiger partial charge in [-0.25, -0.2) is 4.79 Å². The third-order valence-corrected chi connectivity index (χ3v) is 3.03. The van der Waals surface area contributed by atoms with Crippen LogP contribution in [0, 0.1) is 5.92 Å². The minimum absolute atomic E-state index is 0.160. The molecule has 1 heterocycles. The van der Waals surface area contributed by atoms with Crippen molar-refractivity contribution in [3.05, 3.63) is 0 Å². The van der Waals surface area contributed by atoms with Crippen molar-refractivity contribution in [1.82, 2.24) is 9.80 Å². The molecule has 17 heavy (non-hydrogen) atoms. The molecular weight excluding hydrogens is 216 g/mol. The molecule has 0 aliphatic carbocycles. The zero-order chi connectivity index (χ0) is 13.1. The van der Waals surface area contributed by atoms with Crippen molar-refractivity contribution in [2.45, 2.75) is 40.2 Å². The number of hydrogen-bond acceptors (Lipinski definition) is 3. The number of amides is 1. The van der Waals surface area contributed by atoms with Gasteiger partial charge in [0.05, 0.1) is 6.61 Å². The summed E-state index contributed by atoms with van der Waals surface area (Å²) >= 11 is 0. The largest absolute Gasteiger partial charge is 0.449 e. The van der Waals surface area contributed by atoms with Crippen LogP contribution in [0.1, 0.15) is 34.6 Å². The molecule has 0 saturated carbocycles.